The Morgan fingerprint density at radius 3 is 2.47 bits per heavy atom. The first-order chi connectivity index (χ1) is 9.24. The summed E-state index contributed by atoms with van der Waals surface area (Å²) >= 11 is 5.77. The summed E-state index contributed by atoms with van der Waals surface area (Å²) in [5.41, 5.74) is 1.62. The molecular weight excluding hydrogens is 270 g/mol. The average Bonchev–Trinajstić information content (AvgIpc) is 2.94. The van der Waals surface area contributed by atoms with Crippen molar-refractivity contribution in [2.45, 2.75) is 12.5 Å². The van der Waals surface area contributed by atoms with Crippen LogP contribution in [0.4, 0.5) is 0 Å². The van der Waals surface area contributed by atoms with Crippen molar-refractivity contribution in [1.82, 2.24) is 0 Å². The number of methoxy groups -OCH3 is 3. The van der Waals surface area contributed by atoms with Crippen LogP contribution in [-0.2, 0) is 4.84 Å². The summed E-state index contributed by atoms with van der Waals surface area (Å²) in [5.74, 6) is 2.14. The first kappa shape index (κ1) is 13.8. The van der Waals surface area contributed by atoms with E-state index in [2.05, 4.69) is 5.16 Å². The van der Waals surface area contributed by atoms with Gasteiger partial charge in [0, 0.05) is 12.0 Å². The van der Waals surface area contributed by atoms with Crippen molar-refractivity contribution in [3.05, 3.63) is 17.7 Å². The zero-order valence-electron chi connectivity index (χ0n) is 11.1. The summed E-state index contributed by atoms with van der Waals surface area (Å²) in [5, 5.41) is 4.05. The van der Waals surface area contributed by atoms with Gasteiger partial charge in [0.25, 0.3) is 0 Å². The molecule has 0 saturated heterocycles. The predicted octanol–water partition coefficient (Wildman–Crippen LogP) is 2.44. The van der Waals surface area contributed by atoms with Gasteiger partial charge in [-0.3, -0.25) is 0 Å². The van der Waals surface area contributed by atoms with Gasteiger partial charge in [-0.05, 0) is 12.1 Å². The van der Waals surface area contributed by atoms with Crippen molar-refractivity contribution >= 4 is 17.3 Å². The van der Waals surface area contributed by atoms with Crippen molar-refractivity contribution in [3.63, 3.8) is 0 Å². The summed E-state index contributed by atoms with van der Waals surface area (Å²) in [6.45, 7) is 0. The normalized spacial score (nSPS) is 17.7. The van der Waals surface area contributed by atoms with Gasteiger partial charge in [0.2, 0.25) is 5.75 Å². The Morgan fingerprint density at radius 1 is 1.21 bits per heavy atom. The van der Waals surface area contributed by atoms with E-state index in [0.717, 1.165) is 11.3 Å². The Kier molecular flexibility index (Phi) is 4.37. The van der Waals surface area contributed by atoms with E-state index in [9.17, 15) is 0 Å². The molecule has 0 saturated carbocycles. The molecule has 1 aliphatic rings. The minimum Gasteiger partial charge on any atom is -0.493 e. The molecule has 0 fully saturated rings. The first-order valence-corrected chi connectivity index (χ1v) is 6.36. The van der Waals surface area contributed by atoms with Gasteiger partial charge in [0.15, 0.2) is 11.5 Å². The van der Waals surface area contributed by atoms with Crippen molar-refractivity contribution in [2.75, 3.05) is 27.2 Å². The quantitative estimate of drug-likeness (QED) is 0.780. The number of hydrogen-bond acceptors (Lipinski definition) is 5. The highest BCUT2D eigenvalue weighted by Gasteiger charge is 2.26. The Bertz CT molecular complexity index is 490. The third kappa shape index (κ3) is 2.56. The molecule has 0 spiro atoms. The summed E-state index contributed by atoms with van der Waals surface area (Å²) < 4.78 is 16.0. The number of hydrogen-bond donors (Lipinski definition) is 0. The van der Waals surface area contributed by atoms with Crippen molar-refractivity contribution in [3.8, 4) is 17.2 Å². The molecule has 0 aromatic heterocycles. The number of halogens is 1. The Morgan fingerprint density at radius 2 is 1.95 bits per heavy atom. The number of oxime groups is 1. The van der Waals surface area contributed by atoms with Gasteiger partial charge < -0.3 is 19.0 Å². The number of nitrogens with zero attached hydrogens (tertiary/aromatic N) is 1. The molecule has 0 amide bonds. The van der Waals surface area contributed by atoms with E-state index < -0.39 is 0 Å². The molecule has 0 bridgehead atoms. The fraction of sp³-hybridized carbons (Fsp3) is 0.462. The second-order valence-electron chi connectivity index (χ2n) is 4.01. The fourth-order valence-electron chi connectivity index (χ4n) is 2.00. The topological polar surface area (TPSA) is 49.3 Å². The molecule has 19 heavy (non-hydrogen) atoms. The van der Waals surface area contributed by atoms with Crippen LogP contribution in [0, 0.1) is 0 Å². The van der Waals surface area contributed by atoms with Crippen LogP contribution < -0.4 is 14.2 Å². The first-order valence-electron chi connectivity index (χ1n) is 5.83. The van der Waals surface area contributed by atoms with Gasteiger partial charge in [-0.25, -0.2) is 0 Å². The Hall–Kier alpha value is -1.62. The van der Waals surface area contributed by atoms with E-state index in [1.807, 2.05) is 12.1 Å². The minimum atomic E-state index is -0.0885. The van der Waals surface area contributed by atoms with E-state index in [4.69, 9.17) is 30.6 Å². The SMILES string of the molecule is COc1ccc(C2=NOC(CCl)C2)c(OC)c1OC. The molecule has 1 atom stereocenters. The van der Waals surface area contributed by atoms with Crippen molar-refractivity contribution < 1.29 is 19.0 Å². The van der Waals surface area contributed by atoms with E-state index in [0.29, 0.717) is 29.5 Å². The van der Waals surface area contributed by atoms with Crippen LogP contribution in [0.1, 0.15) is 12.0 Å². The van der Waals surface area contributed by atoms with Crippen LogP contribution in [-0.4, -0.2) is 39.0 Å². The smallest absolute Gasteiger partial charge is 0.203 e. The van der Waals surface area contributed by atoms with Crippen LogP contribution in [0.25, 0.3) is 0 Å². The second-order valence-corrected chi connectivity index (χ2v) is 4.31. The highest BCUT2D eigenvalue weighted by atomic mass is 35.5. The molecular formula is C13H16ClNO4. The number of rotatable bonds is 5. The molecule has 2 rings (SSSR count). The molecule has 1 heterocycles. The molecule has 1 aromatic carbocycles. The molecule has 0 N–H and O–H groups in total. The summed E-state index contributed by atoms with van der Waals surface area (Å²) in [6, 6.07) is 3.69. The molecule has 6 heteroatoms. The molecule has 0 radical (unpaired) electrons. The van der Waals surface area contributed by atoms with Crippen LogP contribution in [0.15, 0.2) is 17.3 Å². The van der Waals surface area contributed by atoms with Crippen LogP contribution in [0.3, 0.4) is 0 Å². The lowest BCUT2D eigenvalue weighted by atomic mass is 10.0. The average molecular weight is 286 g/mol. The largest absolute Gasteiger partial charge is 0.493 e. The van der Waals surface area contributed by atoms with Crippen LogP contribution in [0.2, 0.25) is 0 Å². The lowest BCUT2D eigenvalue weighted by Crippen LogP contribution is -2.10. The third-order valence-corrected chi connectivity index (χ3v) is 3.26. The number of ether oxygens (including phenoxy) is 3. The van der Waals surface area contributed by atoms with E-state index >= 15 is 0 Å². The van der Waals surface area contributed by atoms with Crippen LogP contribution >= 0.6 is 11.6 Å². The minimum absolute atomic E-state index is 0.0885. The summed E-state index contributed by atoms with van der Waals surface area (Å²) in [6.07, 6.45) is 0.560. The monoisotopic (exact) mass is 285 g/mol. The zero-order chi connectivity index (χ0) is 13.8. The molecule has 1 unspecified atom stereocenters. The Labute approximate surface area is 117 Å². The highest BCUT2D eigenvalue weighted by Crippen LogP contribution is 2.41. The maximum absolute atomic E-state index is 5.77. The van der Waals surface area contributed by atoms with Crippen molar-refractivity contribution in [2.24, 2.45) is 5.16 Å². The predicted molar refractivity (Wildman–Crippen MR) is 72.8 cm³/mol. The fourth-order valence-corrected chi connectivity index (χ4v) is 2.16. The number of benzene rings is 1. The standard InChI is InChI=1S/C13H16ClNO4/c1-16-11-5-4-9(12(17-2)13(11)18-3)10-6-8(7-14)19-15-10/h4-5,8H,6-7H2,1-3H3. The van der Waals surface area contributed by atoms with Crippen LogP contribution in [0.5, 0.6) is 17.2 Å². The molecule has 104 valence electrons. The summed E-state index contributed by atoms with van der Waals surface area (Å²) in [7, 11) is 4.73. The maximum atomic E-state index is 5.77. The maximum Gasteiger partial charge on any atom is 0.203 e. The molecule has 1 aliphatic heterocycles. The van der Waals surface area contributed by atoms with Gasteiger partial charge in [0.1, 0.15) is 6.10 Å². The van der Waals surface area contributed by atoms with E-state index in [1.54, 1.807) is 21.3 Å². The second kappa shape index (κ2) is 6.02. The molecule has 0 aliphatic carbocycles. The summed E-state index contributed by atoms with van der Waals surface area (Å²) in [4.78, 5) is 5.23. The lowest BCUT2D eigenvalue weighted by molar-refractivity contribution is 0.102. The van der Waals surface area contributed by atoms with E-state index in [1.165, 1.54) is 0 Å². The van der Waals surface area contributed by atoms with Gasteiger partial charge in [-0.1, -0.05) is 5.16 Å². The molecule has 5 nitrogen and oxygen atoms in total. The Balaban J connectivity index is 2.41. The van der Waals surface area contributed by atoms with Crippen molar-refractivity contribution in [1.29, 1.82) is 0 Å². The molecule has 1 aromatic rings. The van der Waals surface area contributed by atoms with Gasteiger partial charge >= 0.3 is 0 Å². The van der Waals surface area contributed by atoms with E-state index in [-0.39, 0.29) is 6.10 Å². The zero-order valence-corrected chi connectivity index (χ0v) is 11.9. The lowest BCUT2D eigenvalue weighted by Gasteiger charge is -2.15. The highest BCUT2D eigenvalue weighted by molar-refractivity contribution is 6.18. The number of alkyl halides is 1. The van der Waals surface area contributed by atoms with Gasteiger partial charge in [0.05, 0.1) is 32.9 Å². The van der Waals surface area contributed by atoms with Gasteiger partial charge in [-0.15, -0.1) is 11.6 Å². The van der Waals surface area contributed by atoms with Gasteiger partial charge in [-0.2, -0.15) is 0 Å². The third-order valence-electron chi connectivity index (χ3n) is 2.92.